The Morgan fingerprint density at radius 2 is 1.89 bits per heavy atom. The SMILES string of the molecule is CC(c1cccc(-c2ncc(OCC3CCNCC3)cn2)c1)n1cc(-c2cc(C#N)ccn2)ccc1=O. The molecule has 1 aliphatic rings. The first-order valence-corrected chi connectivity index (χ1v) is 12.5. The molecule has 1 aliphatic heterocycles. The molecule has 1 N–H and O–H groups in total. The maximum atomic E-state index is 12.8. The third-order valence-electron chi connectivity index (χ3n) is 6.74. The molecule has 1 saturated heterocycles. The first-order valence-electron chi connectivity index (χ1n) is 12.5. The molecule has 0 bridgehead atoms. The monoisotopic (exact) mass is 492 g/mol. The summed E-state index contributed by atoms with van der Waals surface area (Å²) in [6, 6.07) is 16.4. The summed E-state index contributed by atoms with van der Waals surface area (Å²) >= 11 is 0. The van der Waals surface area contributed by atoms with E-state index in [1.54, 1.807) is 47.6 Å². The van der Waals surface area contributed by atoms with Gasteiger partial charge in [-0.25, -0.2) is 9.97 Å². The smallest absolute Gasteiger partial charge is 0.251 e. The van der Waals surface area contributed by atoms with E-state index in [1.165, 1.54) is 6.07 Å². The van der Waals surface area contributed by atoms with Gasteiger partial charge in [0, 0.05) is 29.6 Å². The van der Waals surface area contributed by atoms with Gasteiger partial charge in [-0.15, -0.1) is 0 Å². The standard InChI is InChI=1S/C29H28N6O2/c1-20(35-18-25(5-6-28(35)36)27-13-22(15-30)9-12-32-27)23-3-2-4-24(14-23)29-33-16-26(17-34-29)37-19-21-7-10-31-11-8-21/h2-6,9,12-14,16-18,20-21,31H,7-8,10-11,19H2,1H3. The van der Waals surface area contributed by atoms with E-state index >= 15 is 0 Å². The lowest BCUT2D eigenvalue weighted by Gasteiger charge is -2.22. The molecule has 0 saturated carbocycles. The number of pyridine rings is 2. The zero-order chi connectivity index (χ0) is 25.6. The molecule has 37 heavy (non-hydrogen) atoms. The van der Waals surface area contributed by atoms with Crippen LogP contribution in [-0.4, -0.2) is 39.2 Å². The fraction of sp³-hybridized carbons (Fsp3) is 0.276. The van der Waals surface area contributed by atoms with Crippen LogP contribution >= 0.6 is 0 Å². The topological polar surface area (TPSA) is 106 Å². The molecule has 1 fully saturated rings. The Balaban J connectivity index is 1.34. The first-order chi connectivity index (χ1) is 18.1. The molecule has 5 rings (SSSR count). The molecule has 0 amide bonds. The van der Waals surface area contributed by atoms with E-state index in [-0.39, 0.29) is 11.6 Å². The summed E-state index contributed by atoms with van der Waals surface area (Å²) in [6.45, 7) is 4.74. The van der Waals surface area contributed by atoms with Crippen LogP contribution in [0.3, 0.4) is 0 Å². The molecule has 1 atom stereocenters. The number of benzene rings is 1. The largest absolute Gasteiger partial charge is 0.490 e. The Kier molecular flexibility index (Phi) is 7.33. The van der Waals surface area contributed by atoms with Crippen molar-refractivity contribution in [3.05, 3.63) is 94.8 Å². The molecule has 8 heteroatoms. The zero-order valence-electron chi connectivity index (χ0n) is 20.7. The minimum absolute atomic E-state index is 0.121. The predicted octanol–water partition coefficient (Wildman–Crippen LogP) is 4.23. The molecule has 0 aliphatic carbocycles. The number of aromatic nitrogens is 4. The van der Waals surface area contributed by atoms with Gasteiger partial charge < -0.3 is 14.6 Å². The summed E-state index contributed by atoms with van der Waals surface area (Å²) in [4.78, 5) is 26.2. The average molecular weight is 493 g/mol. The van der Waals surface area contributed by atoms with Crippen molar-refractivity contribution in [1.82, 2.24) is 24.8 Å². The van der Waals surface area contributed by atoms with Crippen molar-refractivity contribution in [1.29, 1.82) is 5.26 Å². The zero-order valence-corrected chi connectivity index (χ0v) is 20.7. The number of nitrogens with zero attached hydrogens (tertiary/aromatic N) is 5. The van der Waals surface area contributed by atoms with Crippen molar-refractivity contribution >= 4 is 0 Å². The van der Waals surface area contributed by atoms with Crippen LogP contribution < -0.4 is 15.6 Å². The number of rotatable bonds is 7. The van der Waals surface area contributed by atoms with Crippen LogP contribution in [0.2, 0.25) is 0 Å². The quantitative estimate of drug-likeness (QED) is 0.412. The maximum Gasteiger partial charge on any atom is 0.251 e. The summed E-state index contributed by atoms with van der Waals surface area (Å²) in [7, 11) is 0. The minimum Gasteiger partial charge on any atom is -0.490 e. The van der Waals surface area contributed by atoms with Crippen molar-refractivity contribution in [3.63, 3.8) is 0 Å². The number of nitrogens with one attached hydrogen (secondary N) is 1. The normalized spacial score (nSPS) is 14.6. The van der Waals surface area contributed by atoms with Crippen molar-refractivity contribution in [3.8, 4) is 34.5 Å². The Labute approximate surface area is 215 Å². The van der Waals surface area contributed by atoms with Gasteiger partial charge in [-0.2, -0.15) is 5.26 Å². The minimum atomic E-state index is -0.237. The second-order valence-corrected chi connectivity index (χ2v) is 9.25. The highest BCUT2D eigenvalue weighted by molar-refractivity contribution is 5.60. The molecule has 0 spiro atoms. The number of hydrogen-bond acceptors (Lipinski definition) is 7. The van der Waals surface area contributed by atoms with E-state index in [1.807, 2.05) is 31.2 Å². The lowest BCUT2D eigenvalue weighted by Crippen LogP contribution is -2.30. The Hall–Kier alpha value is -4.35. The van der Waals surface area contributed by atoms with Gasteiger partial charge in [-0.05, 0) is 68.6 Å². The van der Waals surface area contributed by atoms with Gasteiger partial charge in [0.1, 0.15) is 0 Å². The van der Waals surface area contributed by atoms with Crippen LogP contribution in [0.15, 0.2) is 78.1 Å². The van der Waals surface area contributed by atoms with E-state index in [2.05, 4.69) is 26.3 Å². The number of hydrogen-bond donors (Lipinski definition) is 1. The maximum absolute atomic E-state index is 12.8. The lowest BCUT2D eigenvalue weighted by atomic mass is 9.99. The fourth-order valence-electron chi connectivity index (χ4n) is 4.52. The summed E-state index contributed by atoms with van der Waals surface area (Å²) in [5.74, 6) is 1.83. The highest BCUT2D eigenvalue weighted by atomic mass is 16.5. The molecule has 0 radical (unpaired) electrons. The van der Waals surface area contributed by atoms with Crippen molar-refractivity contribution in [2.45, 2.75) is 25.8 Å². The van der Waals surface area contributed by atoms with Crippen LogP contribution in [0.4, 0.5) is 0 Å². The fourth-order valence-corrected chi connectivity index (χ4v) is 4.52. The van der Waals surface area contributed by atoms with Gasteiger partial charge in [-0.3, -0.25) is 9.78 Å². The number of piperidine rings is 1. The Bertz CT molecular complexity index is 1470. The van der Waals surface area contributed by atoms with E-state index in [9.17, 15) is 10.1 Å². The van der Waals surface area contributed by atoms with E-state index in [0.717, 1.165) is 42.6 Å². The highest BCUT2D eigenvalue weighted by Crippen LogP contribution is 2.25. The second kappa shape index (κ2) is 11.1. The molecular weight excluding hydrogens is 464 g/mol. The molecule has 1 aromatic carbocycles. The first kappa shape index (κ1) is 24.3. The van der Waals surface area contributed by atoms with Gasteiger partial charge in [-0.1, -0.05) is 18.2 Å². The van der Waals surface area contributed by atoms with Crippen molar-refractivity contribution < 1.29 is 4.74 Å². The molecule has 1 unspecified atom stereocenters. The Morgan fingerprint density at radius 1 is 1.08 bits per heavy atom. The molecule has 186 valence electrons. The van der Waals surface area contributed by atoms with Crippen molar-refractivity contribution in [2.24, 2.45) is 5.92 Å². The molecule has 3 aromatic heterocycles. The van der Waals surface area contributed by atoms with Gasteiger partial charge in [0.15, 0.2) is 11.6 Å². The second-order valence-electron chi connectivity index (χ2n) is 9.25. The van der Waals surface area contributed by atoms with E-state index in [0.29, 0.717) is 35.4 Å². The van der Waals surface area contributed by atoms with E-state index in [4.69, 9.17) is 4.74 Å². The molecule has 8 nitrogen and oxygen atoms in total. The summed E-state index contributed by atoms with van der Waals surface area (Å²) < 4.78 is 7.59. The van der Waals surface area contributed by atoms with Crippen LogP contribution in [0, 0.1) is 17.2 Å². The number of ether oxygens (including phenoxy) is 1. The third-order valence-corrected chi connectivity index (χ3v) is 6.74. The molecule has 4 aromatic rings. The Morgan fingerprint density at radius 3 is 2.68 bits per heavy atom. The number of nitriles is 1. The van der Waals surface area contributed by atoms with Gasteiger partial charge in [0.25, 0.3) is 5.56 Å². The third kappa shape index (κ3) is 5.74. The lowest BCUT2D eigenvalue weighted by molar-refractivity contribution is 0.214. The van der Waals surface area contributed by atoms with Crippen LogP contribution in [0.5, 0.6) is 5.75 Å². The van der Waals surface area contributed by atoms with Crippen LogP contribution in [0.1, 0.15) is 36.9 Å². The van der Waals surface area contributed by atoms with Gasteiger partial charge in [0.2, 0.25) is 0 Å². The average Bonchev–Trinajstić information content (AvgIpc) is 2.97. The molecule has 4 heterocycles. The summed E-state index contributed by atoms with van der Waals surface area (Å²) in [6.07, 6.45) is 9.07. The van der Waals surface area contributed by atoms with Crippen LogP contribution in [0.25, 0.3) is 22.6 Å². The van der Waals surface area contributed by atoms with Crippen LogP contribution in [-0.2, 0) is 0 Å². The van der Waals surface area contributed by atoms with Gasteiger partial charge in [0.05, 0.1) is 42.4 Å². The van der Waals surface area contributed by atoms with E-state index < -0.39 is 0 Å². The summed E-state index contributed by atoms with van der Waals surface area (Å²) in [5.41, 5.74) is 3.62. The highest BCUT2D eigenvalue weighted by Gasteiger charge is 2.15. The van der Waals surface area contributed by atoms with Crippen molar-refractivity contribution in [2.75, 3.05) is 19.7 Å². The predicted molar refractivity (Wildman–Crippen MR) is 141 cm³/mol. The van der Waals surface area contributed by atoms with Gasteiger partial charge >= 0.3 is 0 Å². The summed E-state index contributed by atoms with van der Waals surface area (Å²) in [5, 5.41) is 12.6. The molecular formula is C29H28N6O2.